The van der Waals surface area contributed by atoms with Gasteiger partial charge in [0.05, 0.1) is 31.8 Å². The molecule has 0 atom stereocenters. The fourth-order valence-electron chi connectivity index (χ4n) is 3.21. The average molecular weight is 438 g/mol. The zero-order valence-electron chi connectivity index (χ0n) is 18.1. The molecule has 0 aliphatic carbocycles. The number of methoxy groups -OCH3 is 2. The monoisotopic (exact) mass is 438 g/mol. The van der Waals surface area contributed by atoms with E-state index in [0.29, 0.717) is 28.4 Å². The highest BCUT2D eigenvalue weighted by Gasteiger charge is 2.16. The SMILES string of the molecule is COc1ccc(NC(=O)C(=O)N/N=C\c2cc(C)n(-c3ccccc3F)c2C)c(OC)c1. The molecule has 0 saturated heterocycles. The van der Waals surface area contributed by atoms with Gasteiger partial charge in [-0.2, -0.15) is 5.10 Å². The number of carbonyl (C=O) groups excluding carboxylic acids is 2. The third-order valence-electron chi connectivity index (χ3n) is 4.80. The number of amides is 2. The summed E-state index contributed by atoms with van der Waals surface area (Å²) in [5, 5.41) is 6.32. The first-order valence-electron chi connectivity index (χ1n) is 9.66. The molecule has 1 aromatic heterocycles. The predicted octanol–water partition coefficient (Wildman–Crippen LogP) is 3.34. The molecule has 1 heterocycles. The van der Waals surface area contributed by atoms with Crippen LogP contribution in [0.3, 0.4) is 0 Å². The lowest BCUT2D eigenvalue weighted by molar-refractivity contribution is -0.136. The molecular weight excluding hydrogens is 415 g/mol. The van der Waals surface area contributed by atoms with Gasteiger partial charge in [0.1, 0.15) is 17.3 Å². The molecule has 0 radical (unpaired) electrons. The summed E-state index contributed by atoms with van der Waals surface area (Å²) in [6.45, 7) is 3.65. The zero-order chi connectivity index (χ0) is 23.3. The van der Waals surface area contributed by atoms with Crippen molar-refractivity contribution >= 4 is 23.7 Å². The van der Waals surface area contributed by atoms with Crippen LogP contribution in [0.4, 0.5) is 10.1 Å². The Hall–Kier alpha value is -4.14. The standard InChI is InChI=1S/C23H23FN4O4/c1-14-11-16(15(2)28(14)20-8-6-5-7-18(20)24)13-25-27-23(30)22(29)26-19-10-9-17(31-3)12-21(19)32-4/h5-13H,1-4H3,(H,26,29)(H,27,30)/b25-13-. The second-order valence-corrected chi connectivity index (χ2v) is 6.83. The highest BCUT2D eigenvalue weighted by molar-refractivity contribution is 6.39. The normalized spacial score (nSPS) is 10.8. The van der Waals surface area contributed by atoms with E-state index in [2.05, 4.69) is 15.8 Å². The summed E-state index contributed by atoms with van der Waals surface area (Å²) in [4.78, 5) is 24.3. The molecule has 0 aliphatic rings. The maximum Gasteiger partial charge on any atom is 0.329 e. The molecule has 0 aliphatic heterocycles. The van der Waals surface area contributed by atoms with Gasteiger partial charge in [0.2, 0.25) is 0 Å². The number of ether oxygens (including phenoxy) is 2. The van der Waals surface area contributed by atoms with Gasteiger partial charge in [-0.15, -0.1) is 0 Å². The summed E-state index contributed by atoms with van der Waals surface area (Å²) in [5.74, 6) is -1.34. The van der Waals surface area contributed by atoms with Gasteiger partial charge in [0.15, 0.2) is 0 Å². The fourth-order valence-corrected chi connectivity index (χ4v) is 3.21. The number of nitrogens with one attached hydrogen (secondary N) is 2. The van der Waals surface area contributed by atoms with E-state index in [1.54, 1.807) is 47.0 Å². The van der Waals surface area contributed by atoms with E-state index >= 15 is 0 Å². The van der Waals surface area contributed by atoms with Crippen molar-refractivity contribution in [2.45, 2.75) is 13.8 Å². The Balaban J connectivity index is 1.69. The van der Waals surface area contributed by atoms with E-state index in [9.17, 15) is 14.0 Å². The van der Waals surface area contributed by atoms with Crippen molar-refractivity contribution in [1.82, 2.24) is 9.99 Å². The van der Waals surface area contributed by atoms with Crippen LogP contribution in [0.25, 0.3) is 5.69 Å². The topological polar surface area (TPSA) is 94.0 Å². The van der Waals surface area contributed by atoms with Gasteiger partial charge in [-0.05, 0) is 44.2 Å². The quantitative estimate of drug-likeness (QED) is 0.351. The molecule has 2 N–H and O–H groups in total. The first-order valence-corrected chi connectivity index (χ1v) is 9.66. The van der Waals surface area contributed by atoms with Crippen LogP contribution in [0.15, 0.2) is 53.6 Å². The second-order valence-electron chi connectivity index (χ2n) is 6.83. The number of para-hydroxylation sites is 1. The van der Waals surface area contributed by atoms with Crippen molar-refractivity contribution < 1.29 is 23.5 Å². The van der Waals surface area contributed by atoms with Gasteiger partial charge in [0.25, 0.3) is 0 Å². The van der Waals surface area contributed by atoms with E-state index in [1.165, 1.54) is 26.5 Å². The van der Waals surface area contributed by atoms with Crippen molar-refractivity contribution in [3.05, 3.63) is 71.3 Å². The Kier molecular flexibility index (Phi) is 6.89. The fraction of sp³-hybridized carbons (Fsp3) is 0.174. The molecule has 166 valence electrons. The van der Waals surface area contributed by atoms with Crippen molar-refractivity contribution in [3.8, 4) is 17.2 Å². The molecule has 2 aromatic carbocycles. The van der Waals surface area contributed by atoms with Crippen LogP contribution >= 0.6 is 0 Å². The Morgan fingerprint density at radius 2 is 1.78 bits per heavy atom. The minimum atomic E-state index is -0.956. The average Bonchev–Trinajstić information content (AvgIpc) is 3.07. The molecule has 0 fully saturated rings. The predicted molar refractivity (Wildman–Crippen MR) is 119 cm³/mol. The minimum absolute atomic E-state index is 0.311. The Bertz CT molecular complexity index is 1190. The van der Waals surface area contributed by atoms with Crippen molar-refractivity contribution in [2.75, 3.05) is 19.5 Å². The lowest BCUT2D eigenvalue weighted by Crippen LogP contribution is -2.32. The number of rotatable bonds is 6. The second kappa shape index (κ2) is 9.78. The van der Waals surface area contributed by atoms with Crippen LogP contribution in [0, 0.1) is 19.7 Å². The van der Waals surface area contributed by atoms with Gasteiger partial charge in [0, 0.05) is 23.0 Å². The summed E-state index contributed by atoms with van der Waals surface area (Å²) < 4.78 is 26.2. The zero-order valence-corrected chi connectivity index (χ0v) is 18.1. The highest BCUT2D eigenvalue weighted by atomic mass is 19.1. The molecule has 0 bridgehead atoms. The number of hydrogen-bond acceptors (Lipinski definition) is 5. The number of halogens is 1. The third-order valence-corrected chi connectivity index (χ3v) is 4.80. The number of hydrazone groups is 1. The van der Waals surface area contributed by atoms with E-state index in [-0.39, 0.29) is 5.82 Å². The molecule has 0 unspecified atom stereocenters. The molecule has 9 heteroatoms. The number of hydrogen-bond donors (Lipinski definition) is 2. The van der Waals surface area contributed by atoms with Crippen molar-refractivity contribution in [3.63, 3.8) is 0 Å². The molecule has 0 saturated carbocycles. The Morgan fingerprint density at radius 3 is 2.47 bits per heavy atom. The summed E-state index contributed by atoms with van der Waals surface area (Å²) in [7, 11) is 2.94. The summed E-state index contributed by atoms with van der Waals surface area (Å²) in [6, 6.07) is 13.0. The smallest absolute Gasteiger partial charge is 0.329 e. The number of aryl methyl sites for hydroxylation is 1. The van der Waals surface area contributed by atoms with Gasteiger partial charge in [-0.25, -0.2) is 9.82 Å². The lowest BCUT2D eigenvalue weighted by atomic mass is 10.2. The highest BCUT2D eigenvalue weighted by Crippen LogP contribution is 2.29. The maximum absolute atomic E-state index is 14.2. The number of aromatic nitrogens is 1. The molecule has 32 heavy (non-hydrogen) atoms. The summed E-state index contributed by atoms with van der Waals surface area (Å²) in [6.07, 6.45) is 1.40. The van der Waals surface area contributed by atoms with Gasteiger partial charge >= 0.3 is 11.8 Å². The molecule has 2 amide bonds. The number of anilines is 1. The van der Waals surface area contributed by atoms with Gasteiger partial charge in [-0.3, -0.25) is 9.59 Å². The van der Waals surface area contributed by atoms with Gasteiger partial charge < -0.3 is 19.4 Å². The van der Waals surface area contributed by atoms with E-state index in [0.717, 1.165) is 11.4 Å². The Morgan fingerprint density at radius 1 is 1.03 bits per heavy atom. The third kappa shape index (κ3) is 4.77. The Labute approximate surface area is 184 Å². The number of nitrogens with zero attached hydrogens (tertiary/aromatic N) is 2. The van der Waals surface area contributed by atoms with Crippen molar-refractivity contribution in [2.24, 2.45) is 5.10 Å². The largest absolute Gasteiger partial charge is 0.497 e. The van der Waals surface area contributed by atoms with Crippen LogP contribution in [-0.2, 0) is 9.59 Å². The maximum atomic E-state index is 14.2. The minimum Gasteiger partial charge on any atom is -0.497 e. The van der Waals surface area contributed by atoms with Gasteiger partial charge in [-0.1, -0.05) is 12.1 Å². The lowest BCUT2D eigenvalue weighted by Gasteiger charge is -2.11. The van der Waals surface area contributed by atoms with Crippen LogP contribution in [-0.4, -0.2) is 36.8 Å². The first-order chi connectivity index (χ1) is 15.3. The van der Waals surface area contributed by atoms with Crippen LogP contribution in [0.1, 0.15) is 17.0 Å². The number of benzene rings is 2. The number of carbonyl (C=O) groups is 2. The molecule has 0 spiro atoms. The molecule has 3 rings (SSSR count). The first kappa shape index (κ1) is 22.5. The van der Waals surface area contributed by atoms with Crippen molar-refractivity contribution in [1.29, 1.82) is 0 Å². The molecule has 8 nitrogen and oxygen atoms in total. The van der Waals surface area contributed by atoms with Crippen LogP contribution < -0.4 is 20.2 Å². The van der Waals surface area contributed by atoms with E-state index in [4.69, 9.17) is 9.47 Å². The summed E-state index contributed by atoms with van der Waals surface area (Å²) >= 11 is 0. The summed E-state index contributed by atoms with van der Waals surface area (Å²) in [5.41, 5.74) is 5.11. The van der Waals surface area contributed by atoms with E-state index in [1.807, 2.05) is 13.8 Å². The molecule has 3 aromatic rings. The molecular formula is C23H23FN4O4. The van der Waals surface area contributed by atoms with Crippen LogP contribution in [0.2, 0.25) is 0 Å². The van der Waals surface area contributed by atoms with E-state index < -0.39 is 11.8 Å². The van der Waals surface area contributed by atoms with Crippen LogP contribution in [0.5, 0.6) is 11.5 Å².